The van der Waals surface area contributed by atoms with Gasteiger partial charge in [-0.25, -0.2) is 4.98 Å². The zero-order chi connectivity index (χ0) is 19.7. The van der Waals surface area contributed by atoms with Gasteiger partial charge in [0, 0.05) is 36.6 Å². The zero-order valence-corrected chi connectivity index (χ0v) is 16.8. The number of rotatable bonds is 5. The highest BCUT2D eigenvalue weighted by Gasteiger charge is 2.27. The van der Waals surface area contributed by atoms with E-state index in [1.54, 1.807) is 28.8 Å². The summed E-state index contributed by atoms with van der Waals surface area (Å²) in [6.45, 7) is 4.52. The quantitative estimate of drug-likeness (QED) is 0.675. The molecule has 1 aliphatic heterocycles. The predicted octanol–water partition coefficient (Wildman–Crippen LogP) is 3.16. The van der Waals surface area contributed by atoms with Gasteiger partial charge in [-0.1, -0.05) is 12.1 Å². The third-order valence-corrected chi connectivity index (χ3v) is 5.82. The second kappa shape index (κ2) is 7.67. The van der Waals surface area contributed by atoms with Crippen LogP contribution in [-0.4, -0.2) is 45.6 Å². The molecule has 0 unspecified atom stereocenters. The first-order chi connectivity index (χ1) is 13.6. The summed E-state index contributed by atoms with van der Waals surface area (Å²) in [7, 11) is 0. The van der Waals surface area contributed by atoms with Crippen LogP contribution in [0.1, 0.15) is 33.5 Å². The maximum atomic E-state index is 12.6. The number of fused-ring (bicyclic) bond motifs is 3. The third kappa shape index (κ3) is 3.38. The summed E-state index contributed by atoms with van der Waals surface area (Å²) in [5.74, 6) is 0.252. The number of imidazole rings is 1. The minimum absolute atomic E-state index is 0.0513. The zero-order valence-electron chi connectivity index (χ0n) is 15.9. The number of hydrogen-bond acceptors (Lipinski definition) is 4. The molecule has 7 heteroatoms. The van der Waals surface area contributed by atoms with Crippen LogP contribution in [0.25, 0.3) is 11.0 Å². The van der Waals surface area contributed by atoms with Crippen LogP contribution in [0.3, 0.4) is 0 Å². The van der Waals surface area contributed by atoms with Gasteiger partial charge >= 0.3 is 0 Å². The van der Waals surface area contributed by atoms with Gasteiger partial charge in [-0.2, -0.15) is 0 Å². The van der Waals surface area contributed by atoms with Gasteiger partial charge < -0.3 is 14.8 Å². The van der Waals surface area contributed by atoms with Crippen molar-refractivity contribution < 1.29 is 9.59 Å². The Labute approximate surface area is 167 Å². The molecule has 1 N–H and O–H groups in total. The normalized spacial score (nSPS) is 13.6. The van der Waals surface area contributed by atoms with Crippen LogP contribution in [0.2, 0.25) is 0 Å². The molecule has 0 bridgehead atoms. The lowest BCUT2D eigenvalue weighted by Gasteiger charge is -2.26. The van der Waals surface area contributed by atoms with Gasteiger partial charge in [0.05, 0.1) is 11.0 Å². The first kappa shape index (κ1) is 18.6. The summed E-state index contributed by atoms with van der Waals surface area (Å²) in [6.07, 6.45) is 2.04. The number of thioether (sulfide) groups is 1. The molecular formula is C21H22N4O2S. The van der Waals surface area contributed by atoms with Crippen molar-refractivity contribution in [1.29, 1.82) is 0 Å². The van der Waals surface area contributed by atoms with E-state index in [0.29, 0.717) is 36.5 Å². The van der Waals surface area contributed by atoms with Crippen molar-refractivity contribution in [1.82, 2.24) is 19.8 Å². The van der Waals surface area contributed by atoms with Gasteiger partial charge in [-0.3, -0.25) is 9.59 Å². The monoisotopic (exact) mass is 394 g/mol. The Balaban J connectivity index is 1.52. The summed E-state index contributed by atoms with van der Waals surface area (Å²) in [5, 5.41) is 2.95. The highest BCUT2D eigenvalue weighted by molar-refractivity contribution is 7.98. The van der Waals surface area contributed by atoms with E-state index < -0.39 is 0 Å². The van der Waals surface area contributed by atoms with Crippen LogP contribution < -0.4 is 5.32 Å². The van der Waals surface area contributed by atoms with Crippen LogP contribution in [0.15, 0.2) is 47.4 Å². The highest BCUT2D eigenvalue weighted by Crippen LogP contribution is 2.22. The van der Waals surface area contributed by atoms with Crippen LogP contribution in [0.5, 0.6) is 0 Å². The van der Waals surface area contributed by atoms with Gasteiger partial charge in [0.2, 0.25) is 0 Å². The van der Waals surface area contributed by atoms with Crippen LogP contribution in [0, 0.1) is 0 Å². The molecule has 0 spiro atoms. The van der Waals surface area contributed by atoms with Crippen molar-refractivity contribution >= 4 is 34.6 Å². The first-order valence-electron chi connectivity index (χ1n) is 9.31. The van der Waals surface area contributed by atoms with E-state index in [-0.39, 0.29) is 11.8 Å². The maximum Gasteiger partial charge on any atom is 0.289 e. The summed E-state index contributed by atoms with van der Waals surface area (Å²) < 4.78 is 1.94. The highest BCUT2D eigenvalue weighted by atomic mass is 32.2. The van der Waals surface area contributed by atoms with Gasteiger partial charge in [0.1, 0.15) is 0 Å². The van der Waals surface area contributed by atoms with E-state index in [9.17, 15) is 9.59 Å². The Kier molecular flexibility index (Phi) is 5.09. The Hall–Kier alpha value is -2.80. The fourth-order valence-corrected chi connectivity index (χ4v) is 3.86. The standard InChI is InChI=1S/C21H22N4O2S/c1-3-24-10-11-25-18-9-6-15(12-17(18)23-19(25)21(24)27)20(26)22-13-14-4-7-16(28-2)8-5-14/h4-9,12H,3,10-11,13H2,1-2H3,(H,22,26). The smallest absolute Gasteiger partial charge is 0.289 e. The van der Waals surface area contributed by atoms with Crippen LogP contribution in [-0.2, 0) is 13.1 Å². The van der Waals surface area contributed by atoms with Gasteiger partial charge in [0.25, 0.3) is 11.8 Å². The Bertz CT molecular complexity index is 1040. The summed E-state index contributed by atoms with van der Waals surface area (Å²) in [4.78, 5) is 32.6. The first-order valence-corrected chi connectivity index (χ1v) is 10.5. The van der Waals surface area contributed by atoms with E-state index >= 15 is 0 Å². The summed E-state index contributed by atoms with van der Waals surface area (Å²) >= 11 is 1.69. The molecule has 1 aliphatic rings. The Morgan fingerprint density at radius 1 is 1.18 bits per heavy atom. The molecule has 3 aromatic rings. The number of carbonyl (C=O) groups excluding carboxylic acids is 2. The fourth-order valence-electron chi connectivity index (χ4n) is 3.45. The molecule has 0 atom stereocenters. The van der Waals surface area contributed by atoms with E-state index in [2.05, 4.69) is 10.3 Å². The molecule has 4 rings (SSSR count). The summed E-state index contributed by atoms with van der Waals surface area (Å²) in [5.41, 5.74) is 3.17. The lowest BCUT2D eigenvalue weighted by atomic mass is 10.1. The summed E-state index contributed by atoms with van der Waals surface area (Å²) in [6, 6.07) is 13.6. The number of likely N-dealkylation sites (N-methyl/N-ethyl adjacent to an activating group) is 1. The minimum atomic E-state index is -0.150. The topological polar surface area (TPSA) is 67.2 Å². The number of benzene rings is 2. The molecule has 2 heterocycles. The SMILES string of the molecule is CCN1CCn2c(nc3cc(C(=O)NCc4ccc(SC)cc4)ccc32)C1=O. The van der Waals surface area contributed by atoms with E-state index in [4.69, 9.17) is 0 Å². The lowest BCUT2D eigenvalue weighted by molar-refractivity contribution is 0.0709. The molecule has 0 fully saturated rings. The van der Waals surface area contributed by atoms with E-state index in [0.717, 1.165) is 17.6 Å². The molecule has 0 radical (unpaired) electrons. The number of hydrogen-bond donors (Lipinski definition) is 1. The number of nitrogens with one attached hydrogen (secondary N) is 1. The number of amides is 2. The maximum absolute atomic E-state index is 12.6. The van der Waals surface area contributed by atoms with Crippen molar-refractivity contribution in [2.45, 2.75) is 24.9 Å². The largest absolute Gasteiger partial charge is 0.348 e. The number of nitrogens with zero attached hydrogens (tertiary/aromatic N) is 3. The average Bonchev–Trinajstić information content (AvgIpc) is 3.11. The molecule has 144 valence electrons. The second-order valence-electron chi connectivity index (χ2n) is 6.71. The Morgan fingerprint density at radius 3 is 2.68 bits per heavy atom. The van der Waals surface area contributed by atoms with Gasteiger partial charge in [-0.05, 0) is 49.1 Å². The van der Waals surface area contributed by atoms with Crippen LogP contribution in [0.4, 0.5) is 0 Å². The minimum Gasteiger partial charge on any atom is -0.348 e. The molecule has 1 aromatic heterocycles. The lowest BCUT2D eigenvalue weighted by Crippen LogP contribution is -2.40. The van der Waals surface area contributed by atoms with E-state index in [1.165, 1.54) is 4.90 Å². The molecule has 2 aromatic carbocycles. The van der Waals surface area contributed by atoms with Gasteiger partial charge in [0.15, 0.2) is 5.82 Å². The molecule has 6 nitrogen and oxygen atoms in total. The third-order valence-electron chi connectivity index (χ3n) is 5.08. The molecule has 0 saturated carbocycles. The van der Waals surface area contributed by atoms with Crippen molar-refractivity contribution in [2.24, 2.45) is 0 Å². The molecule has 2 amide bonds. The van der Waals surface area contributed by atoms with E-state index in [1.807, 2.05) is 48.1 Å². The average molecular weight is 395 g/mol. The van der Waals surface area contributed by atoms with Gasteiger partial charge in [-0.15, -0.1) is 11.8 Å². The second-order valence-corrected chi connectivity index (χ2v) is 7.59. The van der Waals surface area contributed by atoms with Crippen LogP contribution >= 0.6 is 11.8 Å². The molecule has 28 heavy (non-hydrogen) atoms. The van der Waals surface area contributed by atoms with Crippen molar-refractivity contribution in [3.63, 3.8) is 0 Å². The Morgan fingerprint density at radius 2 is 1.96 bits per heavy atom. The number of carbonyl (C=O) groups is 2. The molecule has 0 saturated heterocycles. The fraction of sp³-hybridized carbons (Fsp3) is 0.286. The predicted molar refractivity (Wildman–Crippen MR) is 111 cm³/mol. The van der Waals surface area contributed by atoms with Crippen molar-refractivity contribution in [2.75, 3.05) is 19.3 Å². The van der Waals surface area contributed by atoms with Crippen molar-refractivity contribution in [3.8, 4) is 0 Å². The van der Waals surface area contributed by atoms with Crippen molar-refractivity contribution in [3.05, 3.63) is 59.4 Å². The number of aromatic nitrogens is 2. The molecule has 0 aliphatic carbocycles. The molecular weight excluding hydrogens is 372 g/mol.